The summed E-state index contributed by atoms with van der Waals surface area (Å²) in [5.41, 5.74) is 7.72. The average molecular weight is 349 g/mol. The van der Waals surface area contributed by atoms with Gasteiger partial charge in [0.1, 0.15) is 11.5 Å². The fourth-order valence-electron chi connectivity index (χ4n) is 2.89. The second-order valence-electron chi connectivity index (χ2n) is 8.18. The van der Waals surface area contributed by atoms with Gasteiger partial charge in [0.25, 0.3) is 0 Å². The van der Waals surface area contributed by atoms with E-state index in [-0.39, 0.29) is 12.0 Å². The Bertz CT molecular complexity index is 906. The molecule has 0 heterocycles. The Hall–Kier alpha value is -2.36. The van der Waals surface area contributed by atoms with Crippen molar-refractivity contribution in [2.75, 3.05) is 6.61 Å². The molecule has 3 heteroatoms. The molecule has 1 atom stereocenters. The summed E-state index contributed by atoms with van der Waals surface area (Å²) in [7, 11) is 0. The monoisotopic (exact) mass is 349 g/mol. The number of rotatable bonds is 4. The topological polar surface area (TPSA) is 55.5 Å². The average Bonchev–Trinajstić information content (AvgIpc) is 2.61. The summed E-state index contributed by atoms with van der Waals surface area (Å²) in [6.07, 6.45) is 0. The molecule has 0 aromatic heterocycles. The zero-order chi connectivity index (χ0) is 18.9. The number of hydrogen-bond donors (Lipinski definition) is 2. The maximum absolute atomic E-state index is 9.45. The zero-order valence-electron chi connectivity index (χ0n) is 15.9. The van der Waals surface area contributed by atoms with E-state index in [1.165, 1.54) is 5.56 Å². The summed E-state index contributed by atoms with van der Waals surface area (Å²) >= 11 is 0. The molecule has 136 valence electrons. The normalized spacial score (nSPS) is 14.2. The van der Waals surface area contributed by atoms with Crippen molar-refractivity contribution in [3.63, 3.8) is 0 Å². The molecule has 0 saturated carbocycles. The minimum atomic E-state index is -0.738. The minimum Gasteiger partial charge on any atom is -0.457 e. The standard InChI is InChI=1S/C23H27NO2/c1-22(2,3)18-8-11-20(12-9-18)26-21-10-6-16-13-19(23(4,24)15-25)7-5-17(16)14-21/h5-14,25H,15,24H2,1-4H3/t23-/m0/s1. The molecule has 0 aliphatic carbocycles. The third kappa shape index (κ3) is 3.90. The van der Waals surface area contributed by atoms with Crippen LogP contribution in [0.1, 0.15) is 38.8 Å². The van der Waals surface area contributed by atoms with E-state index < -0.39 is 5.54 Å². The van der Waals surface area contributed by atoms with Gasteiger partial charge < -0.3 is 15.6 Å². The summed E-state index contributed by atoms with van der Waals surface area (Å²) in [5.74, 6) is 1.62. The number of fused-ring (bicyclic) bond motifs is 1. The summed E-state index contributed by atoms with van der Waals surface area (Å²) in [6.45, 7) is 8.33. The van der Waals surface area contributed by atoms with E-state index in [2.05, 4.69) is 32.9 Å². The lowest BCUT2D eigenvalue weighted by atomic mass is 9.87. The Morgan fingerprint density at radius 2 is 1.31 bits per heavy atom. The van der Waals surface area contributed by atoms with Crippen molar-refractivity contribution in [1.29, 1.82) is 0 Å². The predicted molar refractivity (Wildman–Crippen MR) is 108 cm³/mol. The van der Waals surface area contributed by atoms with E-state index in [9.17, 15) is 5.11 Å². The van der Waals surface area contributed by atoms with Crippen LogP contribution in [0.25, 0.3) is 10.8 Å². The van der Waals surface area contributed by atoms with E-state index in [0.717, 1.165) is 27.8 Å². The van der Waals surface area contributed by atoms with Gasteiger partial charge >= 0.3 is 0 Å². The van der Waals surface area contributed by atoms with Crippen LogP contribution in [0.3, 0.4) is 0 Å². The Morgan fingerprint density at radius 1 is 0.769 bits per heavy atom. The molecule has 3 nitrogen and oxygen atoms in total. The van der Waals surface area contributed by atoms with Crippen LogP contribution in [0, 0.1) is 0 Å². The highest BCUT2D eigenvalue weighted by molar-refractivity contribution is 5.84. The van der Waals surface area contributed by atoms with Crippen molar-refractivity contribution in [3.05, 3.63) is 71.8 Å². The lowest BCUT2D eigenvalue weighted by Crippen LogP contribution is -2.36. The lowest BCUT2D eigenvalue weighted by molar-refractivity contribution is 0.210. The largest absolute Gasteiger partial charge is 0.457 e. The van der Waals surface area contributed by atoms with E-state index in [4.69, 9.17) is 10.5 Å². The maximum Gasteiger partial charge on any atom is 0.128 e. The van der Waals surface area contributed by atoms with Gasteiger partial charge in [-0.2, -0.15) is 0 Å². The third-order valence-corrected chi connectivity index (χ3v) is 4.76. The fourth-order valence-corrected chi connectivity index (χ4v) is 2.89. The van der Waals surface area contributed by atoms with Crippen LogP contribution in [0.4, 0.5) is 0 Å². The smallest absolute Gasteiger partial charge is 0.128 e. The van der Waals surface area contributed by atoms with Crippen LogP contribution in [-0.4, -0.2) is 11.7 Å². The van der Waals surface area contributed by atoms with Gasteiger partial charge in [-0.1, -0.05) is 51.1 Å². The van der Waals surface area contributed by atoms with Gasteiger partial charge in [-0.15, -0.1) is 0 Å². The molecule has 0 aliphatic heterocycles. The first-order chi connectivity index (χ1) is 12.2. The zero-order valence-corrected chi connectivity index (χ0v) is 15.9. The van der Waals surface area contributed by atoms with E-state index >= 15 is 0 Å². The molecule has 0 bridgehead atoms. The van der Waals surface area contributed by atoms with Crippen LogP contribution < -0.4 is 10.5 Å². The predicted octanol–water partition coefficient (Wildman–Crippen LogP) is 5.10. The van der Waals surface area contributed by atoms with Crippen LogP contribution in [0.2, 0.25) is 0 Å². The molecule has 3 aromatic rings. The van der Waals surface area contributed by atoms with Crippen molar-refractivity contribution in [2.24, 2.45) is 5.73 Å². The summed E-state index contributed by atoms with van der Waals surface area (Å²) in [4.78, 5) is 0. The fraction of sp³-hybridized carbons (Fsp3) is 0.304. The second-order valence-corrected chi connectivity index (χ2v) is 8.18. The van der Waals surface area contributed by atoms with Gasteiger partial charge in [0.15, 0.2) is 0 Å². The molecule has 0 aliphatic rings. The van der Waals surface area contributed by atoms with Gasteiger partial charge in [-0.05, 0) is 64.6 Å². The van der Waals surface area contributed by atoms with E-state index in [0.29, 0.717) is 0 Å². The number of ether oxygens (including phenoxy) is 1. The molecule has 0 radical (unpaired) electrons. The van der Waals surface area contributed by atoms with Crippen LogP contribution in [-0.2, 0) is 11.0 Å². The number of aliphatic hydroxyl groups is 1. The van der Waals surface area contributed by atoms with Crippen molar-refractivity contribution in [1.82, 2.24) is 0 Å². The van der Waals surface area contributed by atoms with E-state index in [1.54, 1.807) is 0 Å². The van der Waals surface area contributed by atoms with Gasteiger partial charge in [-0.25, -0.2) is 0 Å². The van der Waals surface area contributed by atoms with Crippen molar-refractivity contribution < 1.29 is 9.84 Å². The molecule has 26 heavy (non-hydrogen) atoms. The van der Waals surface area contributed by atoms with Gasteiger partial charge in [-0.3, -0.25) is 0 Å². The molecule has 0 spiro atoms. The molecule has 3 aromatic carbocycles. The number of aliphatic hydroxyl groups excluding tert-OH is 1. The van der Waals surface area contributed by atoms with Crippen LogP contribution in [0.5, 0.6) is 11.5 Å². The number of benzene rings is 3. The molecule has 3 rings (SSSR count). The van der Waals surface area contributed by atoms with Gasteiger partial charge in [0, 0.05) is 0 Å². The first kappa shape index (κ1) is 18.4. The molecule has 0 saturated heterocycles. The molecular weight excluding hydrogens is 322 g/mol. The van der Waals surface area contributed by atoms with Crippen LogP contribution in [0.15, 0.2) is 60.7 Å². The van der Waals surface area contributed by atoms with Crippen molar-refractivity contribution >= 4 is 10.8 Å². The Labute approximate surface area is 155 Å². The quantitative estimate of drug-likeness (QED) is 0.689. The molecule has 0 unspecified atom stereocenters. The van der Waals surface area contributed by atoms with Crippen molar-refractivity contribution in [3.8, 4) is 11.5 Å². The minimum absolute atomic E-state index is 0.0930. The molecular formula is C23H27NO2. The second kappa shape index (κ2) is 6.75. The van der Waals surface area contributed by atoms with Crippen molar-refractivity contribution in [2.45, 2.75) is 38.6 Å². The Kier molecular flexibility index (Phi) is 4.78. The van der Waals surface area contributed by atoms with Crippen LogP contribution >= 0.6 is 0 Å². The maximum atomic E-state index is 9.45. The summed E-state index contributed by atoms with van der Waals surface area (Å²) < 4.78 is 6.01. The van der Waals surface area contributed by atoms with Gasteiger partial charge in [0.05, 0.1) is 12.1 Å². The first-order valence-electron chi connectivity index (χ1n) is 8.91. The summed E-state index contributed by atoms with van der Waals surface area (Å²) in [5, 5.41) is 11.6. The Balaban J connectivity index is 1.84. The Morgan fingerprint density at radius 3 is 1.92 bits per heavy atom. The van der Waals surface area contributed by atoms with Gasteiger partial charge in [0.2, 0.25) is 0 Å². The highest BCUT2D eigenvalue weighted by Crippen LogP contribution is 2.30. The molecule has 3 N–H and O–H groups in total. The SMILES string of the molecule is CC(C)(C)c1ccc(Oc2ccc3cc([C@@](C)(N)CO)ccc3c2)cc1. The summed E-state index contributed by atoms with van der Waals surface area (Å²) in [6, 6.07) is 20.2. The number of nitrogens with two attached hydrogens (primary N) is 1. The lowest BCUT2D eigenvalue weighted by Gasteiger charge is -2.22. The number of hydrogen-bond acceptors (Lipinski definition) is 3. The van der Waals surface area contributed by atoms with E-state index in [1.807, 2.05) is 55.5 Å². The first-order valence-corrected chi connectivity index (χ1v) is 8.91. The molecule has 0 amide bonds. The highest BCUT2D eigenvalue weighted by Gasteiger charge is 2.20. The third-order valence-electron chi connectivity index (χ3n) is 4.76. The highest BCUT2D eigenvalue weighted by atomic mass is 16.5. The molecule has 0 fully saturated rings.